The molecule has 26 heavy (non-hydrogen) atoms. The second-order valence-electron chi connectivity index (χ2n) is 6.40. The van der Waals surface area contributed by atoms with Crippen LogP contribution in [0.4, 0.5) is 5.69 Å². The first-order valence-corrected chi connectivity index (χ1v) is 9.28. The Kier molecular flexibility index (Phi) is 5.38. The third kappa shape index (κ3) is 4.29. The van der Waals surface area contributed by atoms with Gasteiger partial charge in [0.25, 0.3) is 5.91 Å². The molecule has 1 heterocycles. The Morgan fingerprint density at radius 1 is 1.04 bits per heavy atom. The van der Waals surface area contributed by atoms with Crippen LogP contribution in [-0.2, 0) is 6.61 Å². The van der Waals surface area contributed by atoms with Gasteiger partial charge in [-0.2, -0.15) is 0 Å². The van der Waals surface area contributed by atoms with Crippen molar-refractivity contribution in [2.24, 2.45) is 0 Å². The van der Waals surface area contributed by atoms with Crippen LogP contribution in [-0.4, -0.2) is 10.9 Å². The Labute approximate surface area is 157 Å². The maximum atomic E-state index is 12.6. The molecule has 0 fully saturated rings. The van der Waals surface area contributed by atoms with Gasteiger partial charge in [-0.1, -0.05) is 35.4 Å². The third-order valence-electron chi connectivity index (χ3n) is 4.06. The number of benzene rings is 2. The zero-order valence-electron chi connectivity index (χ0n) is 15.4. The number of hydrogen-bond acceptors (Lipinski definition) is 4. The minimum absolute atomic E-state index is 0.131. The van der Waals surface area contributed by atoms with Gasteiger partial charge in [-0.3, -0.25) is 4.79 Å². The van der Waals surface area contributed by atoms with Crippen LogP contribution in [0.5, 0.6) is 5.75 Å². The number of carbonyl (C=O) groups is 1. The van der Waals surface area contributed by atoms with Crippen molar-refractivity contribution >= 4 is 22.9 Å². The number of ether oxygens (including phenoxy) is 1. The van der Waals surface area contributed by atoms with Gasteiger partial charge >= 0.3 is 0 Å². The number of aryl methyl sites for hydroxylation is 4. The van der Waals surface area contributed by atoms with Crippen LogP contribution >= 0.6 is 11.3 Å². The first kappa shape index (κ1) is 18.1. The van der Waals surface area contributed by atoms with Crippen LogP contribution in [0.1, 0.15) is 37.1 Å². The fraction of sp³-hybridized carbons (Fsp3) is 0.238. The predicted molar refractivity (Wildman–Crippen MR) is 106 cm³/mol. The standard InChI is InChI=1S/C21H22N2O2S/c1-13-5-8-17(9-6-13)25-12-19-22-16(4)20(26-19)21(24)23-18-10-7-14(2)11-15(18)3/h5-11H,12H2,1-4H3,(H,23,24). The van der Waals surface area contributed by atoms with E-state index in [4.69, 9.17) is 4.74 Å². The van der Waals surface area contributed by atoms with Gasteiger partial charge in [0, 0.05) is 5.69 Å². The Morgan fingerprint density at radius 3 is 2.42 bits per heavy atom. The zero-order chi connectivity index (χ0) is 18.7. The number of amides is 1. The minimum Gasteiger partial charge on any atom is -0.486 e. The molecule has 0 saturated carbocycles. The molecule has 1 aromatic heterocycles. The summed E-state index contributed by atoms with van der Waals surface area (Å²) in [6.45, 7) is 8.26. The van der Waals surface area contributed by atoms with Gasteiger partial charge in [-0.15, -0.1) is 11.3 Å². The van der Waals surface area contributed by atoms with E-state index in [1.165, 1.54) is 22.5 Å². The number of nitrogens with one attached hydrogen (secondary N) is 1. The summed E-state index contributed by atoms with van der Waals surface area (Å²) < 4.78 is 5.76. The maximum absolute atomic E-state index is 12.6. The van der Waals surface area contributed by atoms with Crippen LogP contribution < -0.4 is 10.1 Å². The van der Waals surface area contributed by atoms with E-state index in [2.05, 4.69) is 16.4 Å². The van der Waals surface area contributed by atoms with Crippen molar-refractivity contribution in [3.05, 3.63) is 74.7 Å². The molecule has 3 aromatic rings. The maximum Gasteiger partial charge on any atom is 0.267 e. The van der Waals surface area contributed by atoms with E-state index in [1.54, 1.807) is 0 Å². The Hall–Kier alpha value is -2.66. The molecule has 0 unspecified atom stereocenters. The molecule has 134 valence electrons. The van der Waals surface area contributed by atoms with Gasteiger partial charge in [0.2, 0.25) is 0 Å². The number of aromatic nitrogens is 1. The Morgan fingerprint density at radius 2 is 1.73 bits per heavy atom. The number of carbonyl (C=O) groups excluding carboxylic acids is 1. The summed E-state index contributed by atoms with van der Waals surface area (Å²) in [5, 5.41) is 3.76. The van der Waals surface area contributed by atoms with Crippen molar-refractivity contribution in [3.63, 3.8) is 0 Å². The fourth-order valence-electron chi connectivity index (χ4n) is 2.64. The van der Waals surface area contributed by atoms with Crippen LogP contribution in [0.25, 0.3) is 0 Å². The lowest BCUT2D eigenvalue weighted by Gasteiger charge is -2.08. The zero-order valence-corrected chi connectivity index (χ0v) is 16.2. The van der Waals surface area contributed by atoms with E-state index in [9.17, 15) is 4.79 Å². The number of hydrogen-bond donors (Lipinski definition) is 1. The van der Waals surface area contributed by atoms with Crippen molar-refractivity contribution in [3.8, 4) is 5.75 Å². The summed E-state index contributed by atoms with van der Waals surface area (Å²) in [6, 6.07) is 13.9. The average molecular weight is 366 g/mol. The third-order valence-corrected chi connectivity index (χ3v) is 5.19. The van der Waals surface area contributed by atoms with E-state index >= 15 is 0 Å². The molecule has 4 nitrogen and oxygen atoms in total. The van der Waals surface area contributed by atoms with Gasteiger partial charge in [0.15, 0.2) is 0 Å². The highest BCUT2D eigenvalue weighted by Gasteiger charge is 2.16. The van der Waals surface area contributed by atoms with Crippen molar-refractivity contribution in [1.29, 1.82) is 0 Å². The highest BCUT2D eigenvalue weighted by atomic mass is 32.1. The van der Waals surface area contributed by atoms with Gasteiger partial charge in [0.1, 0.15) is 22.2 Å². The van der Waals surface area contributed by atoms with E-state index in [1.807, 2.05) is 64.1 Å². The molecule has 2 aromatic carbocycles. The van der Waals surface area contributed by atoms with Gasteiger partial charge in [-0.25, -0.2) is 4.98 Å². The fourth-order valence-corrected chi connectivity index (χ4v) is 3.51. The molecule has 0 aliphatic heterocycles. The van der Waals surface area contributed by atoms with Crippen molar-refractivity contribution in [2.45, 2.75) is 34.3 Å². The highest BCUT2D eigenvalue weighted by molar-refractivity contribution is 7.13. The lowest BCUT2D eigenvalue weighted by molar-refractivity contribution is 0.102. The SMILES string of the molecule is Cc1ccc(OCc2nc(C)c(C(=O)Nc3ccc(C)cc3C)s2)cc1. The largest absolute Gasteiger partial charge is 0.486 e. The molecular formula is C21H22N2O2S. The van der Waals surface area contributed by atoms with Gasteiger partial charge < -0.3 is 10.1 Å². The van der Waals surface area contributed by atoms with E-state index in [0.29, 0.717) is 11.5 Å². The number of thiazole rings is 1. The molecule has 0 aliphatic carbocycles. The molecule has 0 saturated heterocycles. The summed E-state index contributed by atoms with van der Waals surface area (Å²) in [5.74, 6) is 0.665. The Balaban J connectivity index is 1.68. The van der Waals surface area contributed by atoms with E-state index in [0.717, 1.165) is 27.7 Å². The summed E-state index contributed by atoms with van der Waals surface area (Å²) in [6.07, 6.45) is 0. The molecule has 5 heteroatoms. The lowest BCUT2D eigenvalue weighted by atomic mass is 10.1. The summed E-state index contributed by atoms with van der Waals surface area (Å²) >= 11 is 1.37. The molecule has 0 radical (unpaired) electrons. The van der Waals surface area contributed by atoms with Gasteiger partial charge in [-0.05, 0) is 51.5 Å². The molecule has 0 aliphatic rings. The second kappa shape index (κ2) is 7.70. The van der Waals surface area contributed by atoms with Crippen LogP contribution in [0.2, 0.25) is 0 Å². The molecule has 0 atom stereocenters. The normalized spacial score (nSPS) is 10.6. The van der Waals surface area contributed by atoms with Crippen LogP contribution in [0, 0.1) is 27.7 Å². The average Bonchev–Trinajstić information content (AvgIpc) is 2.98. The molecule has 3 rings (SSSR count). The number of nitrogens with zero attached hydrogens (tertiary/aromatic N) is 1. The smallest absolute Gasteiger partial charge is 0.267 e. The number of anilines is 1. The van der Waals surface area contributed by atoms with E-state index in [-0.39, 0.29) is 5.91 Å². The molecule has 0 spiro atoms. The van der Waals surface area contributed by atoms with Crippen molar-refractivity contribution in [1.82, 2.24) is 4.98 Å². The van der Waals surface area contributed by atoms with Crippen LogP contribution in [0.3, 0.4) is 0 Å². The summed E-state index contributed by atoms with van der Waals surface area (Å²) in [5.41, 5.74) is 4.95. The highest BCUT2D eigenvalue weighted by Crippen LogP contribution is 2.23. The molecule has 1 amide bonds. The summed E-state index contributed by atoms with van der Waals surface area (Å²) in [7, 11) is 0. The van der Waals surface area contributed by atoms with Crippen molar-refractivity contribution in [2.75, 3.05) is 5.32 Å². The first-order valence-electron chi connectivity index (χ1n) is 8.47. The first-order chi connectivity index (χ1) is 12.4. The monoisotopic (exact) mass is 366 g/mol. The van der Waals surface area contributed by atoms with E-state index < -0.39 is 0 Å². The topological polar surface area (TPSA) is 51.2 Å². The van der Waals surface area contributed by atoms with Gasteiger partial charge in [0.05, 0.1) is 5.69 Å². The molecule has 0 bridgehead atoms. The second-order valence-corrected chi connectivity index (χ2v) is 7.48. The van der Waals surface area contributed by atoms with Crippen LogP contribution in [0.15, 0.2) is 42.5 Å². The predicted octanol–water partition coefficient (Wildman–Crippen LogP) is 5.21. The number of rotatable bonds is 5. The molecular weight excluding hydrogens is 344 g/mol. The Bertz CT molecular complexity index is 930. The minimum atomic E-state index is -0.131. The quantitative estimate of drug-likeness (QED) is 0.674. The van der Waals surface area contributed by atoms with Crippen molar-refractivity contribution < 1.29 is 9.53 Å². The summed E-state index contributed by atoms with van der Waals surface area (Å²) in [4.78, 5) is 17.7. The lowest BCUT2D eigenvalue weighted by Crippen LogP contribution is -2.12. The molecule has 1 N–H and O–H groups in total.